The second kappa shape index (κ2) is 6.89. The maximum absolute atomic E-state index is 13.7. The molecule has 1 aliphatic rings. The van der Waals surface area contributed by atoms with Crippen molar-refractivity contribution < 1.29 is 17.6 Å². The zero-order valence-electron chi connectivity index (χ0n) is 15.9. The number of anilines is 3. The molecule has 7 nitrogen and oxygen atoms in total. The number of alkyl halides is 3. The molecule has 0 unspecified atom stereocenters. The van der Waals surface area contributed by atoms with Crippen LogP contribution >= 0.6 is 0 Å². The van der Waals surface area contributed by atoms with E-state index < -0.39 is 17.6 Å². The summed E-state index contributed by atoms with van der Waals surface area (Å²) in [5.74, 6) is 0.682. The van der Waals surface area contributed by atoms with E-state index in [0.29, 0.717) is 22.5 Å². The van der Waals surface area contributed by atoms with Crippen molar-refractivity contribution in [2.45, 2.75) is 24.9 Å². The van der Waals surface area contributed by atoms with E-state index in [1.165, 1.54) is 24.3 Å². The van der Waals surface area contributed by atoms with Crippen LogP contribution < -0.4 is 11.1 Å². The van der Waals surface area contributed by atoms with Crippen molar-refractivity contribution in [2.75, 3.05) is 11.1 Å². The second-order valence-electron chi connectivity index (χ2n) is 7.23. The zero-order chi connectivity index (χ0) is 21.8. The topological polar surface area (TPSA) is 94.5 Å². The number of hydrogen-bond donors (Lipinski definition) is 2. The Bertz CT molecular complexity index is 1280. The minimum atomic E-state index is -4.43. The van der Waals surface area contributed by atoms with E-state index in [1.54, 1.807) is 10.6 Å². The van der Waals surface area contributed by atoms with Crippen LogP contribution in [0.1, 0.15) is 30.1 Å². The zero-order valence-corrected chi connectivity index (χ0v) is 15.9. The Kier molecular flexibility index (Phi) is 4.27. The number of aromatic nitrogens is 5. The average molecular weight is 429 g/mol. The normalized spacial score (nSPS) is 14.2. The molecule has 2 aromatic carbocycles. The van der Waals surface area contributed by atoms with E-state index in [4.69, 9.17) is 5.73 Å². The Morgan fingerprint density at radius 2 is 1.71 bits per heavy atom. The Labute approximate surface area is 173 Å². The van der Waals surface area contributed by atoms with Crippen LogP contribution in [0.25, 0.3) is 17.0 Å². The number of rotatable bonds is 4. The van der Waals surface area contributed by atoms with Gasteiger partial charge in [-0.2, -0.15) is 28.1 Å². The summed E-state index contributed by atoms with van der Waals surface area (Å²) in [5.41, 5.74) is 6.54. The lowest BCUT2D eigenvalue weighted by molar-refractivity contribution is -0.137. The van der Waals surface area contributed by atoms with Crippen LogP contribution in [0.5, 0.6) is 0 Å². The fourth-order valence-electron chi connectivity index (χ4n) is 3.31. The number of imidazole rings is 1. The molecule has 0 aliphatic heterocycles. The van der Waals surface area contributed by atoms with Gasteiger partial charge in [-0.3, -0.25) is 4.57 Å². The highest BCUT2D eigenvalue weighted by Gasteiger charge is 2.32. The second-order valence-corrected chi connectivity index (χ2v) is 7.23. The Morgan fingerprint density at radius 3 is 2.39 bits per heavy atom. The van der Waals surface area contributed by atoms with Crippen LogP contribution in [0.4, 0.5) is 35.1 Å². The number of benzene rings is 2. The molecule has 3 N–H and O–H groups in total. The van der Waals surface area contributed by atoms with E-state index >= 15 is 0 Å². The van der Waals surface area contributed by atoms with E-state index in [0.717, 1.165) is 25.0 Å². The van der Waals surface area contributed by atoms with Gasteiger partial charge < -0.3 is 11.1 Å². The maximum atomic E-state index is 13.7. The first-order valence-electron chi connectivity index (χ1n) is 9.42. The lowest BCUT2D eigenvalue weighted by atomic mass is 10.2. The standard InChI is InChI=1S/C20H15F4N7/c21-12-5-8-15-14(9-12)27-16(10-1-2-10)31(15)19-29-17(25)28-18(30-19)26-13-6-3-11(4-7-13)20(22,23)24/h3-10H,1-2H2,(H3,25,26,28,29,30). The molecular weight excluding hydrogens is 414 g/mol. The molecule has 5 rings (SSSR count). The minimum absolute atomic E-state index is 0.0629. The molecule has 1 saturated carbocycles. The van der Waals surface area contributed by atoms with Crippen LogP contribution in [0.15, 0.2) is 42.5 Å². The summed E-state index contributed by atoms with van der Waals surface area (Å²) in [4.78, 5) is 17.1. The smallest absolute Gasteiger partial charge is 0.368 e. The van der Waals surface area contributed by atoms with Gasteiger partial charge in [0.2, 0.25) is 17.8 Å². The highest BCUT2D eigenvalue weighted by atomic mass is 19.4. The quantitative estimate of drug-likeness (QED) is 0.462. The van der Waals surface area contributed by atoms with Crippen molar-refractivity contribution in [1.29, 1.82) is 0 Å². The van der Waals surface area contributed by atoms with Gasteiger partial charge in [0.15, 0.2) is 0 Å². The Morgan fingerprint density at radius 1 is 0.968 bits per heavy atom. The Balaban J connectivity index is 1.54. The predicted molar refractivity (Wildman–Crippen MR) is 106 cm³/mol. The molecule has 31 heavy (non-hydrogen) atoms. The summed E-state index contributed by atoms with van der Waals surface area (Å²) in [6, 6.07) is 8.70. The molecule has 2 aromatic heterocycles. The van der Waals surface area contributed by atoms with E-state index in [2.05, 4.69) is 25.3 Å². The van der Waals surface area contributed by atoms with Crippen LogP contribution in [0.2, 0.25) is 0 Å². The molecule has 4 aromatic rings. The Hall–Kier alpha value is -3.76. The van der Waals surface area contributed by atoms with Gasteiger partial charge >= 0.3 is 6.18 Å². The molecule has 11 heteroatoms. The molecule has 158 valence electrons. The molecular formula is C20H15F4N7. The first-order valence-corrected chi connectivity index (χ1v) is 9.42. The number of nitrogen functional groups attached to an aromatic ring is 1. The van der Waals surface area contributed by atoms with E-state index in [9.17, 15) is 17.6 Å². The van der Waals surface area contributed by atoms with E-state index in [-0.39, 0.29) is 23.8 Å². The summed E-state index contributed by atoms with van der Waals surface area (Å²) in [7, 11) is 0. The minimum Gasteiger partial charge on any atom is -0.368 e. The summed E-state index contributed by atoms with van der Waals surface area (Å²) >= 11 is 0. The van der Waals surface area contributed by atoms with Crippen LogP contribution in [0.3, 0.4) is 0 Å². The third kappa shape index (κ3) is 3.74. The molecule has 1 aliphatic carbocycles. The lowest BCUT2D eigenvalue weighted by Gasteiger charge is -2.11. The molecule has 0 atom stereocenters. The molecule has 0 amide bonds. The molecule has 0 bridgehead atoms. The number of nitrogens with two attached hydrogens (primary N) is 1. The SMILES string of the molecule is Nc1nc(Nc2ccc(C(F)(F)F)cc2)nc(-n2c(C3CC3)nc3cc(F)ccc32)n1. The number of fused-ring (bicyclic) bond motifs is 1. The summed E-state index contributed by atoms with van der Waals surface area (Å²) in [5, 5.41) is 2.84. The number of nitrogens with zero attached hydrogens (tertiary/aromatic N) is 5. The van der Waals surface area contributed by atoms with Gasteiger partial charge in [0.25, 0.3) is 0 Å². The molecule has 0 radical (unpaired) electrons. The average Bonchev–Trinajstić information content (AvgIpc) is 3.48. The van der Waals surface area contributed by atoms with Gasteiger partial charge in [-0.25, -0.2) is 9.37 Å². The van der Waals surface area contributed by atoms with Gasteiger partial charge in [0.05, 0.1) is 16.6 Å². The van der Waals surface area contributed by atoms with Crippen molar-refractivity contribution in [3.63, 3.8) is 0 Å². The van der Waals surface area contributed by atoms with Crippen molar-refractivity contribution >= 4 is 28.6 Å². The van der Waals surface area contributed by atoms with Crippen molar-refractivity contribution in [1.82, 2.24) is 24.5 Å². The van der Waals surface area contributed by atoms with Crippen molar-refractivity contribution in [3.8, 4) is 5.95 Å². The lowest BCUT2D eigenvalue weighted by Crippen LogP contribution is -2.11. The summed E-state index contributed by atoms with van der Waals surface area (Å²) < 4.78 is 53.7. The van der Waals surface area contributed by atoms with Crippen LogP contribution in [-0.2, 0) is 6.18 Å². The third-order valence-corrected chi connectivity index (χ3v) is 4.89. The highest BCUT2D eigenvalue weighted by Crippen LogP contribution is 2.41. The van der Waals surface area contributed by atoms with Gasteiger partial charge in [0, 0.05) is 17.7 Å². The molecule has 0 saturated heterocycles. The van der Waals surface area contributed by atoms with Crippen LogP contribution in [0, 0.1) is 5.82 Å². The maximum Gasteiger partial charge on any atom is 0.416 e. The third-order valence-electron chi connectivity index (χ3n) is 4.89. The molecule has 1 fully saturated rings. The number of halogens is 4. The highest BCUT2D eigenvalue weighted by molar-refractivity contribution is 5.78. The van der Waals surface area contributed by atoms with E-state index in [1.807, 2.05) is 0 Å². The molecule has 0 spiro atoms. The monoisotopic (exact) mass is 429 g/mol. The van der Waals surface area contributed by atoms with Gasteiger partial charge in [-0.05, 0) is 49.2 Å². The van der Waals surface area contributed by atoms with Crippen LogP contribution in [-0.4, -0.2) is 24.5 Å². The van der Waals surface area contributed by atoms with Crippen molar-refractivity contribution in [3.05, 3.63) is 59.7 Å². The van der Waals surface area contributed by atoms with Gasteiger partial charge in [0.1, 0.15) is 11.6 Å². The summed E-state index contributed by atoms with van der Waals surface area (Å²) in [6.07, 6.45) is -2.53. The largest absolute Gasteiger partial charge is 0.416 e. The number of nitrogens with one attached hydrogen (secondary N) is 1. The fourth-order valence-corrected chi connectivity index (χ4v) is 3.31. The molecule has 2 heterocycles. The first kappa shape index (κ1) is 19.2. The van der Waals surface area contributed by atoms with Gasteiger partial charge in [-0.15, -0.1) is 0 Å². The fraction of sp³-hybridized carbons (Fsp3) is 0.200. The predicted octanol–water partition coefficient (Wildman–Crippen LogP) is 4.57. The van der Waals surface area contributed by atoms with Crippen molar-refractivity contribution in [2.24, 2.45) is 0 Å². The number of hydrogen-bond acceptors (Lipinski definition) is 6. The first-order chi connectivity index (χ1) is 14.8. The summed E-state index contributed by atoms with van der Waals surface area (Å²) in [6.45, 7) is 0. The van der Waals surface area contributed by atoms with Gasteiger partial charge in [-0.1, -0.05) is 0 Å².